The van der Waals surface area contributed by atoms with Gasteiger partial charge < -0.3 is 4.57 Å². The minimum Gasteiger partial charge on any atom is -0.346 e. The van der Waals surface area contributed by atoms with Crippen molar-refractivity contribution in [1.29, 1.82) is 0 Å². The van der Waals surface area contributed by atoms with Gasteiger partial charge in [0.15, 0.2) is 9.84 Å². The van der Waals surface area contributed by atoms with Gasteiger partial charge in [-0.15, -0.1) is 0 Å². The topological polar surface area (TPSA) is 39.1 Å². The molecule has 0 aliphatic carbocycles. The summed E-state index contributed by atoms with van der Waals surface area (Å²) in [5.41, 5.74) is 1.74. The molecule has 2 rings (SSSR count). The van der Waals surface area contributed by atoms with Crippen LogP contribution < -0.4 is 0 Å². The molecule has 0 spiro atoms. The summed E-state index contributed by atoms with van der Waals surface area (Å²) in [7, 11) is -3.11. The highest BCUT2D eigenvalue weighted by Crippen LogP contribution is 2.29. The van der Waals surface area contributed by atoms with E-state index in [1.165, 1.54) is 0 Å². The molecule has 0 bridgehead atoms. The number of halogens is 1. The molecule has 2 aromatic rings. The Hall–Kier alpha value is -1.00. The van der Waals surface area contributed by atoms with Crippen molar-refractivity contribution >= 4 is 32.3 Å². The average Bonchev–Trinajstić information content (AvgIpc) is 2.68. The van der Waals surface area contributed by atoms with Gasteiger partial charge >= 0.3 is 0 Å². The van der Waals surface area contributed by atoms with Crippen molar-refractivity contribution in [1.82, 2.24) is 4.57 Å². The number of nitrogens with zero attached hydrogens (tertiary/aromatic N) is 1. The number of benzene rings is 1. The van der Waals surface area contributed by atoms with E-state index in [1.807, 2.05) is 35.9 Å². The molecule has 0 fully saturated rings. The van der Waals surface area contributed by atoms with E-state index in [4.69, 9.17) is 11.6 Å². The van der Waals surface area contributed by atoms with Crippen LogP contribution in [0.5, 0.6) is 0 Å². The van der Waals surface area contributed by atoms with Crippen molar-refractivity contribution in [3.8, 4) is 0 Å². The van der Waals surface area contributed by atoms with E-state index in [0.29, 0.717) is 5.02 Å². The summed E-state index contributed by atoms with van der Waals surface area (Å²) < 4.78 is 26.2. The fourth-order valence-electron chi connectivity index (χ4n) is 2.14. The molecular formula is C14H18ClNO2S. The molecule has 0 saturated heterocycles. The largest absolute Gasteiger partial charge is 0.346 e. The number of para-hydroxylation sites is 1. The Kier molecular flexibility index (Phi) is 3.92. The number of fused-ring (bicyclic) bond motifs is 1. The van der Waals surface area contributed by atoms with Crippen molar-refractivity contribution in [2.24, 2.45) is 0 Å². The Balaban J connectivity index is 2.60. The summed E-state index contributed by atoms with van der Waals surface area (Å²) in [5.74, 6) is 0.0640. The molecule has 0 aliphatic heterocycles. The minimum absolute atomic E-state index is 0.0640. The monoisotopic (exact) mass is 299 g/mol. The van der Waals surface area contributed by atoms with Gasteiger partial charge in [-0.1, -0.05) is 23.7 Å². The number of sulfone groups is 1. The Labute approximate surface area is 119 Å². The van der Waals surface area contributed by atoms with E-state index in [2.05, 4.69) is 0 Å². The van der Waals surface area contributed by atoms with Gasteiger partial charge in [0.25, 0.3) is 0 Å². The molecule has 3 nitrogen and oxygen atoms in total. The Bertz CT molecular complexity index is 702. The van der Waals surface area contributed by atoms with Crippen LogP contribution in [0.25, 0.3) is 10.9 Å². The summed E-state index contributed by atoms with van der Waals surface area (Å²) in [5, 5.41) is 1.22. The molecule has 5 heteroatoms. The van der Waals surface area contributed by atoms with E-state index in [9.17, 15) is 8.42 Å². The zero-order valence-electron chi connectivity index (χ0n) is 11.4. The highest BCUT2D eigenvalue weighted by Gasteiger charge is 2.20. The third-order valence-corrected chi connectivity index (χ3v) is 5.80. The fourth-order valence-corrected chi connectivity index (χ4v) is 3.42. The first-order valence-corrected chi connectivity index (χ1v) is 8.44. The number of aromatic nitrogens is 1. The Morgan fingerprint density at radius 3 is 2.58 bits per heavy atom. The molecule has 1 aromatic heterocycles. The second-order valence-electron chi connectivity index (χ2n) is 4.93. The molecule has 1 aromatic carbocycles. The summed E-state index contributed by atoms with van der Waals surface area (Å²) in [6, 6.07) is 5.62. The number of rotatable bonds is 4. The maximum absolute atomic E-state index is 12.1. The Morgan fingerprint density at radius 1 is 1.32 bits per heavy atom. The second-order valence-corrected chi connectivity index (χ2v) is 7.90. The van der Waals surface area contributed by atoms with Crippen LogP contribution >= 0.6 is 11.6 Å². The number of hydrogen-bond acceptors (Lipinski definition) is 2. The third kappa shape index (κ3) is 2.65. The molecule has 19 heavy (non-hydrogen) atoms. The summed E-state index contributed by atoms with van der Waals surface area (Å²) in [4.78, 5) is 0. The van der Waals surface area contributed by atoms with Crippen LogP contribution in [0.15, 0.2) is 24.4 Å². The van der Waals surface area contributed by atoms with Crippen LogP contribution in [0.4, 0.5) is 0 Å². The molecule has 0 radical (unpaired) electrons. The zero-order chi connectivity index (χ0) is 14.2. The second kappa shape index (κ2) is 5.17. The van der Waals surface area contributed by atoms with Crippen molar-refractivity contribution < 1.29 is 8.42 Å². The highest BCUT2D eigenvalue weighted by molar-refractivity contribution is 7.91. The van der Waals surface area contributed by atoms with Crippen molar-refractivity contribution in [3.05, 3.63) is 35.0 Å². The van der Waals surface area contributed by atoms with Crippen molar-refractivity contribution in [3.63, 3.8) is 0 Å². The van der Waals surface area contributed by atoms with Crippen molar-refractivity contribution in [2.75, 3.05) is 0 Å². The third-order valence-electron chi connectivity index (χ3n) is 3.35. The molecule has 0 N–H and O–H groups in total. The predicted octanol–water partition coefficient (Wildman–Crippen LogP) is 3.64. The lowest BCUT2D eigenvalue weighted by molar-refractivity contribution is 0.586. The molecule has 0 atom stereocenters. The van der Waals surface area contributed by atoms with E-state index >= 15 is 0 Å². The van der Waals surface area contributed by atoms with Crippen LogP contribution in [0.1, 0.15) is 26.3 Å². The molecular weight excluding hydrogens is 282 g/mol. The molecule has 0 unspecified atom stereocenters. The van der Waals surface area contributed by atoms with E-state index in [1.54, 1.807) is 13.8 Å². The zero-order valence-corrected chi connectivity index (χ0v) is 12.9. The molecule has 0 amide bonds. The predicted molar refractivity (Wildman–Crippen MR) is 80.4 cm³/mol. The van der Waals surface area contributed by atoms with Gasteiger partial charge in [0, 0.05) is 18.1 Å². The van der Waals surface area contributed by atoms with Gasteiger partial charge in [-0.25, -0.2) is 8.42 Å². The van der Waals surface area contributed by atoms with Crippen molar-refractivity contribution in [2.45, 2.75) is 38.3 Å². The van der Waals surface area contributed by atoms with Crippen LogP contribution in [0.2, 0.25) is 5.02 Å². The molecule has 0 aliphatic rings. The first-order valence-electron chi connectivity index (χ1n) is 6.34. The first-order chi connectivity index (χ1) is 8.86. The highest BCUT2D eigenvalue weighted by atomic mass is 35.5. The maximum Gasteiger partial charge on any atom is 0.156 e. The van der Waals surface area contributed by atoms with Gasteiger partial charge in [-0.2, -0.15) is 0 Å². The fraction of sp³-hybridized carbons (Fsp3) is 0.429. The lowest BCUT2D eigenvalue weighted by atomic mass is 10.2. The number of aryl methyl sites for hydroxylation is 1. The van der Waals surface area contributed by atoms with Crippen LogP contribution in [0, 0.1) is 0 Å². The van der Waals surface area contributed by atoms with Gasteiger partial charge in [0.05, 0.1) is 21.5 Å². The Morgan fingerprint density at radius 2 is 2.00 bits per heavy atom. The lowest BCUT2D eigenvalue weighted by Gasteiger charge is -2.06. The van der Waals surface area contributed by atoms with Gasteiger partial charge in [-0.3, -0.25) is 0 Å². The molecule has 104 valence electrons. The van der Waals surface area contributed by atoms with E-state index in [0.717, 1.165) is 23.0 Å². The van der Waals surface area contributed by atoms with Crippen LogP contribution in [-0.2, 0) is 22.1 Å². The summed E-state index contributed by atoms with van der Waals surface area (Å²) in [6.45, 7) is 6.20. The SMILES string of the molecule is CCn1cc(CS(=O)(=O)C(C)C)c2cccc(Cl)c21. The van der Waals surface area contributed by atoms with Gasteiger partial charge in [-0.05, 0) is 32.4 Å². The van der Waals surface area contributed by atoms with E-state index in [-0.39, 0.29) is 11.0 Å². The first kappa shape index (κ1) is 14.4. The lowest BCUT2D eigenvalue weighted by Crippen LogP contribution is -2.15. The quantitative estimate of drug-likeness (QED) is 0.864. The minimum atomic E-state index is -3.11. The smallest absolute Gasteiger partial charge is 0.156 e. The average molecular weight is 300 g/mol. The normalized spacial score (nSPS) is 12.5. The molecule has 1 heterocycles. The maximum atomic E-state index is 12.1. The molecule has 0 saturated carbocycles. The van der Waals surface area contributed by atoms with E-state index < -0.39 is 9.84 Å². The van der Waals surface area contributed by atoms with Gasteiger partial charge in [0.1, 0.15) is 0 Å². The summed E-state index contributed by atoms with van der Waals surface area (Å²) in [6.07, 6.45) is 1.90. The van der Waals surface area contributed by atoms with Gasteiger partial charge in [0.2, 0.25) is 0 Å². The summed E-state index contributed by atoms with van der Waals surface area (Å²) >= 11 is 6.22. The number of hydrogen-bond donors (Lipinski definition) is 0. The van der Waals surface area contributed by atoms with Crippen LogP contribution in [0.3, 0.4) is 0 Å². The standard InChI is InChI=1S/C14H18ClNO2S/c1-4-16-8-11(9-19(17,18)10(2)3)12-6-5-7-13(15)14(12)16/h5-8,10H,4,9H2,1-3H3. The van der Waals surface area contributed by atoms with Crippen LogP contribution in [-0.4, -0.2) is 18.2 Å².